The molecule has 116 valence electrons. The molecule has 1 heterocycles. The molecule has 0 saturated carbocycles. The molecular weight excluding hydrogens is 278 g/mol. The second-order valence-corrected chi connectivity index (χ2v) is 5.37. The number of methoxy groups -OCH3 is 2. The Bertz CT molecular complexity index is 665. The van der Waals surface area contributed by atoms with E-state index in [1.54, 1.807) is 13.3 Å². The van der Waals surface area contributed by atoms with Crippen LogP contribution < -0.4 is 4.74 Å². The summed E-state index contributed by atoms with van der Waals surface area (Å²) in [6.07, 6.45) is 1.96. The molecule has 4 heteroatoms. The lowest BCUT2D eigenvalue weighted by molar-refractivity contribution is -0.139. The van der Waals surface area contributed by atoms with E-state index in [-0.39, 0.29) is 12.4 Å². The van der Waals surface area contributed by atoms with Gasteiger partial charge in [0.15, 0.2) is 0 Å². The van der Waals surface area contributed by atoms with Crippen LogP contribution in [-0.4, -0.2) is 25.2 Å². The molecule has 0 aliphatic heterocycles. The lowest BCUT2D eigenvalue weighted by atomic mass is 9.89. The van der Waals surface area contributed by atoms with Gasteiger partial charge in [-0.3, -0.25) is 4.79 Å². The quantitative estimate of drug-likeness (QED) is 0.792. The maximum Gasteiger partial charge on any atom is 0.310 e. The largest absolute Gasteiger partial charge is 0.481 e. The fourth-order valence-corrected chi connectivity index (χ4v) is 2.52. The first-order valence-electron chi connectivity index (χ1n) is 7.25. The average Bonchev–Trinajstić information content (AvgIpc) is 2.54. The molecule has 2 aromatic rings. The van der Waals surface area contributed by atoms with Crippen molar-refractivity contribution in [1.82, 2.24) is 4.98 Å². The van der Waals surface area contributed by atoms with Gasteiger partial charge in [0, 0.05) is 12.3 Å². The summed E-state index contributed by atoms with van der Waals surface area (Å²) in [5.74, 6) is 0.634. The Morgan fingerprint density at radius 3 is 2.64 bits per heavy atom. The molecule has 0 N–H and O–H groups in total. The first kappa shape index (κ1) is 16.0. The lowest BCUT2D eigenvalue weighted by Gasteiger charge is -2.17. The van der Waals surface area contributed by atoms with Gasteiger partial charge in [0.25, 0.3) is 0 Å². The van der Waals surface area contributed by atoms with E-state index in [4.69, 9.17) is 9.47 Å². The monoisotopic (exact) mass is 299 g/mol. The number of benzene rings is 1. The van der Waals surface area contributed by atoms with E-state index in [1.807, 2.05) is 24.3 Å². The molecule has 0 atom stereocenters. The Labute approximate surface area is 131 Å². The molecule has 0 spiro atoms. The summed E-state index contributed by atoms with van der Waals surface area (Å²) in [4.78, 5) is 15.9. The van der Waals surface area contributed by atoms with Crippen LogP contribution in [0.2, 0.25) is 0 Å². The number of pyridine rings is 1. The third-order valence-electron chi connectivity index (χ3n) is 3.64. The molecule has 0 radical (unpaired) electrons. The van der Waals surface area contributed by atoms with Crippen molar-refractivity contribution >= 4 is 5.97 Å². The smallest absolute Gasteiger partial charge is 0.310 e. The number of carbonyl (C=O) groups excluding carboxylic acids is 1. The molecule has 0 aliphatic carbocycles. The third kappa shape index (κ3) is 3.45. The Kier molecular flexibility index (Phi) is 5.15. The molecule has 4 nitrogen and oxygen atoms in total. The molecule has 0 unspecified atom stereocenters. The van der Waals surface area contributed by atoms with Gasteiger partial charge in [-0.15, -0.1) is 0 Å². The minimum absolute atomic E-state index is 0.240. The molecule has 0 aliphatic rings. The summed E-state index contributed by atoms with van der Waals surface area (Å²) in [5.41, 5.74) is 4.14. The standard InChI is InChI=1S/C18H21NO3/c1-12(2)14-6-5-7-15(16(14)11-18(20)22-4)13-8-9-19-17(10-13)21-3/h5-10,12H,11H2,1-4H3. The maximum atomic E-state index is 11.8. The number of nitrogens with zero attached hydrogens (tertiary/aromatic N) is 1. The third-order valence-corrected chi connectivity index (χ3v) is 3.64. The number of carbonyl (C=O) groups is 1. The van der Waals surface area contributed by atoms with Crippen LogP contribution in [0.3, 0.4) is 0 Å². The molecule has 1 aromatic carbocycles. The number of aromatic nitrogens is 1. The van der Waals surface area contributed by atoms with E-state index in [1.165, 1.54) is 7.11 Å². The zero-order valence-corrected chi connectivity index (χ0v) is 13.4. The Hall–Kier alpha value is -2.36. The van der Waals surface area contributed by atoms with Crippen molar-refractivity contribution < 1.29 is 14.3 Å². The molecule has 0 amide bonds. The van der Waals surface area contributed by atoms with Gasteiger partial charge in [-0.25, -0.2) is 4.98 Å². The predicted octanol–water partition coefficient (Wildman–Crippen LogP) is 3.60. The van der Waals surface area contributed by atoms with Gasteiger partial charge in [0.05, 0.1) is 20.6 Å². The summed E-state index contributed by atoms with van der Waals surface area (Å²) in [7, 11) is 3.00. The summed E-state index contributed by atoms with van der Waals surface area (Å²) in [6.45, 7) is 4.24. The number of esters is 1. The van der Waals surface area contributed by atoms with Crippen molar-refractivity contribution in [1.29, 1.82) is 0 Å². The highest BCUT2D eigenvalue weighted by Gasteiger charge is 2.16. The second-order valence-electron chi connectivity index (χ2n) is 5.37. The highest BCUT2D eigenvalue weighted by atomic mass is 16.5. The highest BCUT2D eigenvalue weighted by Crippen LogP contribution is 2.31. The SMILES string of the molecule is COC(=O)Cc1c(-c2ccnc(OC)c2)cccc1C(C)C. The van der Waals surface area contributed by atoms with Crippen molar-refractivity contribution in [3.05, 3.63) is 47.7 Å². The number of hydrogen-bond donors (Lipinski definition) is 0. The molecule has 1 aromatic heterocycles. The van der Waals surface area contributed by atoms with Crippen LogP contribution in [-0.2, 0) is 16.0 Å². The topological polar surface area (TPSA) is 48.4 Å². The normalized spacial score (nSPS) is 10.6. The van der Waals surface area contributed by atoms with Crippen LogP contribution in [0.5, 0.6) is 5.88 Å². The van der Waals surface area contributed by atoms with Crippen LogP contribution in [0.1, 0.15) is 30.9 Å². The Balaban J connectivity index is 2.58. The lowest BCUT2D eigenvalue weighted by Crippen LogP contribution is -2.09. The first-order chi connectivity index (χ1) is 10.6. The van der Waals surface area contributed by atoms with Crippen LogP contribution in [0.4, 0.5) is 0 Å². The van der Waals surface area contributed by atoms with E-state index in [0.717, 1.165) is 22.3 Å². The number of hydrogen-bond acceptors (Lipinski definition) is 4. The number of ether oxygens (including phenoxy) is 2. The zero-order valence-electron chi connectivity index (χ0n) is 13.4. The average molecular weight is 299 g/mol. The van der Waals surface area contributed by atoms with Gasteiger partial charge >= 0.3 is 5.97 Å². The van der Waals surface area contributed by atoms with E-state index >= 15 is 0 Å². The highest BCUT2D eigenvalue weighted by molar-refractivity contribution is 5.79. The van der Waals surface area contributed by atoms with Gasteiger partial charge in [-0.1, -0.05) is 32.0 Å². The number of rotatable bonds is 5. The molecular formula is C18H21NO3. The fraction of sp³-hybridized carbons (Fsp3) is 0.333. The van der Waals surface area contributed by atoms with Crippen molar-refractivity contribution in [3.63, 3.8) is 0 Å². The summed E-state index contributed by atoms with van der Waals surface area (Å²) in [6, 6.07) is 9.88. The van der Waals surface area contributed by atoms with Gasteiger partial charge in [0.1, 0.15) is 0 Å². The molecule has 2 rings (SSSR count). The summed E-state index contributed by atoms with van der Waals surface area (Å²) >= 11 is 0. The van der Waals surface area contributed by atoms with Crippen LogP contribution in [0.25, 0.3) is 11.1 Å². The van der Waals surface area contributed by atoms with Crippen molar-refractivity contribution in [2.24, 2.45) is 0 Å². The molecule has 22 heavy (non-hydrogen) atoms. The van der Waals surface area contributed by atoms with E-state index in [0.29, 0.717) is 11.8 Å². The predicted molar refractivity (Wildman–Crippen MR) is 86.0 cm³/mol. The van der Waals surface area contributed by atoms with Gasteiger partial charge in [0.2, 0.25) is 5.88 Å². The van der Waals surface area contributed by atoms with Gasteiger partial charge in [-0.05, 0) is 34.2 Å². The van der Waals surface area contributed by atoms with Crippen LogP contribution >= 0.6 is 0 Å². The van der Waals surface area contributed by atoms with Crippen LogP contribution in [0, 0.1) is 0 Å². The van der Waals surface area contributed by atoms with Gasteiger partial charge in [-0.2, -0.15) is 0 Å². The zero-order chi connectivity index (χ0) is 16.1. The summed E-state index contributed by atoms with van der Waals surface area (Å²) < 4.78 is 10.0. The molecule has 0 saturated heterocycles. The molecule has 0 fully saturated rings. The van der Waals surface area contributed by atoms with Crippen molar-refractivity contribution in [2.45, 2.75) is 26.2 Å². The minimum Gasteiger partial charge on any atom is -0.481 e. The van der Waals surface area contributed by atoms with E-state index in [2.05, 4.69) is 24.9 Å². The maximum absolute atomic E-state index is 11.8. The Morgan fingerprint density at radius 2 is 2.00 bits per heavy atom. The van der Waals surface area contributed by atoms with E-state index < -0.39 is 0 Å². The van der Waals surface area contributed by atoms with Gasteiger partial charge < -0.3 is 9.47 Å². The minimum atomic E-state index is -0.240. The van der Waals surface area contributed by atoms with Crippen molar-refractivity contribution in [3.8, 4) is 17.0 Å². The van der Waals surface area contributed by atoms with E-state index in [9.17, 15) is 4.79 Å². The first-order valence-corrected chi connectivity index (χ1v) is 7.25. The second kappa shape index (κ2) is 7.07. The molecule has 0 bridgehead atoms. The summed E-state index contributed by atoms with van der Waals surface area (Å²) in [5, 5.41) is 0. The van der Waals surface area contributed by atoms with Crippen LogP contribution in [0.15, 0.2) is 36.5 Å². The Morgan fingerprint density at radius 1 is 1.23 bits per heavy atom. The fourth-order valence-electron chi connectivity index (χ4n) is 2.52. The van der Waals surface area contributed by atoms with Crippen molar-refractivity contribution in [2.75, 3.05) is 14.2 Å².